The SMILES string of the molecule is CC(=O)[C@@H]1C[C@@H](OC(C)(C)C)CN1C(=O)OCc1ccccc1. The number of likely N-dealkylation sites (tertiary alicyclic amines) is 1. The van der Waals surface area contributed by atoms with Crippen LogP contribution in [0, 0.1) is 0 Å². The van der Waals surface area contributed by atoms with Crippen LogP contribution in [0.4, 0.5) is 4.79 Å². The van der Waals surface area contributed by atoms with Gasteiger partial charge in [-0.1, -0.05) is 30.3 Å². The molecule has 0 aliphatic carbocycles. The summed E-state index contributed by atoms with van der Waals surface area (Å²) >= 11 is 0. The molecule has 0 N–H and O–H groups in total. The minimum atomic E-state index is -0.467. The lowest BCUT2D eigenvalue weighted by Gasteiger charge is -2.24. The zero-order valence-corrected chi connectivity index (χ0v) is 14.2. The summed E-state index contributed by atoms with van der Waals surface area (Å²) in [5, 5.41) is 0. The van der Waals surface area contributed by atoms with E-state index in [1.807, 2.05) is 51.1 Å². The van der Waals surface area contributed by atoms with Gasteiger partial charge in [0.25, 0.3) is 0 Å². The first-order valence-electron chi connectivity index (χ1n) is 7.92. The van der Waals surface area contributed by atoms with E-state index in [0.29, 0.717) is 13.0 Å². The summed E-state index contributed by atoms with van der Waals surface area (Å²) in [5.74, 6) is -0.0401. The maximum absolute atomic E-state index is 12.3. The highest BCUT2D eigenvalue weighted by Crippen LogP contribution is 2.26. The van der Waals surface area contributed by atoms with Crippen molar-refractivity contribution in [2.24, 2.45) is 0 Å². The highest BCUT2D eigenvalue weighted by molar-refractivity contribution is 5.86. The number of amides is 1. The second-order valence-corrected chi connectivity index (χ2v) is 6.91. The van der Waals surface area contributed by atoms with Crippen LogP contribution in [-0.4, -0.2) is 41.1 Å². The summed E-state index contributed by atoms with van der Waals surface area (Å²) in [6.07, 6.45) is -0.0882. The lowest BCUT2D eigenvalue weighted by molar-refractivity contribution is -0.121. The number of hydrogen-bond acceptors (Lipinski definition) is 4. The summed E-state index contributed by atoms with van der Waals surface area (Å²) in [4.78, 5) is 25.7. The first-order valence-corrected chi connectivity index (χ1v) is 7.92. The first-order chi connectivity index (χ1) is 10.8. The Morgan fingerprint density at radius 2 is 1.87 bits per heavy atom. The van der Waals surface area contributed by atoms with Crippen LogP contribution in [0.3, 0.4) is 0 Å². The summed E-state index contributed by atoms with van der Waals surface area (Å²) in [6, 6.07) is 9.02. The lowest BCUT2D eigenvalue weighted by Crippen LogP contribution is -2.40. The van der Waals surface area contributed by atoms with E-state index in [1.165, 1.54) is 11.8 Å². The Balaban J connectivity index is 1.97. The zero-order valence-electron chi connectivity index (χ0n) is 14.2. The molecule has 0 radical (unpaired) electrons. The van der Waals surface area contributed by atoms with Crippen LogP contribution in [0.25, 0.3) is 0 Å². The molecule has 2 atom stereocenters. The molecular weight excluding hydrogens is 294 g/mol. The Labute approximate surface area is 137 Å². The summed E-state index contributed by atoms with van der Waals surface area (Å²) in [5.41, 5.74) is 0.609. The molecule has 1 amide bonds. The van der Waals surface area contributed by atoms with Gasteiger partial charge in [0.2, 0.25) is 0 Å². The number of ether oxygens (including phenoxy) is 2. The lowest BCUT2D eigenvalue weighted by atomic mass is 10.1. The maximum atomic E-state index is 12.3. The van der Waals surface area contributed by atoms with Crippen molar-refractivity contribution in [1.29, 1.82) is 0 Å². The van der Waals surface area contributed by atoms with Crippen molar-refractivity contribution >= 4 is 11.9 Å². The van der Waals surface area contributed by atoms with Crippen LogP contribution >= 0.6 is 0 Å². The van der Waals surface area contributed by atoms with E-state index in [9.17, 15) is 9.59 Å². The van der Waals surface area contributed by atoms with Gasteiger partial charge in [0, 0.05) is 6.42 Å². The fourth-order valence-electron chi connectivity index (χ4n) is 2.77. The van der Waals surface area contributed by atoms with Gasteiger partial charge in [0.05, 0.1) is 24.3 Å². The second-order valence-electron chi connectivity index (χ2n) is 6.91. The first kappa shape index (κ1) is 17.5. The molecule has 1 aliphatic rings. The molecule has 0 unspecified atom stereocenters. The summed E-state index contributed by atoms with van der Waals surface area (Å²) in [6.45, 7) is 7.98. The van der Waals surface area contributed by atoms with Crippen LogP contribution in [0.5, 0.6) is 0 Å². The fourth-order valence-corrected chi connectivity index (χ4v) is 2.77. The molecule has 1 fully saturated rings. The molecule has 1 aromatic rings. The van der Waals surface area contributed by atoms with Crippen molar-refractivity contribution in [2.45, 2.75) is 58.5 Å². The van der Waals surface area contributed by atoms with E-state index in [-0.39, 0.29) is 24.1 Å². The topological polar surface area (TPSA) is 55.8 Å². The molecule has 0 aromatic heterocycles. The molecule has 2 rings (SSSR count). The third-order valence-electron chi connectivity index (χ3n) is 3.69. The molecular formula is C18H25NO4. The number of ketones is 1. The number of carbonyl (C=O) groups excluding carboxylic acids is 2. The van der Waals surface area contributed by atoms with E-state index < -0.39 is 12.1 Å². The summed E-state index contributed by atoms with van der Waals surface area (Å²) in [7, 11) is 0. The molecule has 1 aliphatic heterocycles. The molecule has 23 heavy (non-hydrogen) atoms. The Kier molecular flexibility index (Phi) is 5.42. The maximum Gasteiger partial charge on any atom is 0.410 e. The standard InChI is InChI=1S/C18H25NO4/c1-13(20)16-10-15(23-18(2,3)4)11-19(16)17(21)22-12-14-8-6-5-7-9-14/h5-9,15-16H,10-12H2,1-4H3/t15-,16+/m1/s1. The Morgan fingerprint density at radius 3 is 2.43 bits per heavy atom. The van der Waals surface area contributed by atoms with Gasteiger partial charge in [-0.15, -0.1) is 0 Å². The van der Waals surface area contributed by atoms with E-state index in [4.69, 9.17) is 9.47 Å². The molecule has 0 bridgehead atoms. The van der Waals surface area contributed by atoms with Gasteiger partial charge in [-0.25, -0.2) is 4.79 Å². The van der Waals surface area contributed by atoms with Gasteiger partial charge in [0.15, 0.2) is 5.78 Å². The van der Waals surface area contributed by atoms with Gasteiger partial charge >= 0.3 is 6.09 Å². The highest BCUT2D eigenvalue weighted by Gasteiger charge is 2.40. The minimum Gasteiger partial charge on any atom is -0.445 e. The van der Waals surface area contributed by atoms with E-state index in [1.54, 1.807) is 0 Å². The van der Waals surface area contributed by atoms with Crippen molar-refractivity contribution in [3.63, 3.8) is 0 Å². The number of nitrogens with zero attached hydrogens (tertiary/aromatic N) is 1. The zero-order chi connectivity index (χ0) is 17.0. The highest BCUT2D eigenvalue weighted by atomic mass is 16.6. The Morgan fingerprint density at radius 1 is 1.22 bits per heavy atom. The van der Waals surface area contributed by atoms with Crippen molar-refractivity contribution < 1.29 is 19.1 Å². The number of rotatable bonds is 4. The Hall–Kier alpha value is -1.88. The van der Waals surface area contributed by atoms with Crippen molar-refractivity contribution in [3.8, 4) is 0 Å². The van der Waals surface area contributed by atoms with E-state index >= 15 is 0 Å². The minimum absolute atomic E-state index is 0.0401. The third-order valence-corrected chi connectivity index (χ3v) is 3.69. The van der Waals surface area contributed by atoms with E-state index in [0.717, 1.165) is 5.56 Å². The van der Waals surface area contributed by atoms with Gasteiger partial charge in [0.1, 0.15) is 6.61 Å². The van der Waals surface area contributed by atoms with Gasteiger partial charge < -0.3 is 9.47 Å². The number of hydrogen-bond donors (Lipinski definition) is 0. The predicted octanol–water partition coefficient (Wildman–Crippen LogP) is 3.17. The molecule has 1 saturated heterocycles. The van der Waals surface area contributed by atoms with Crippen molar-refractivity contribution in [1.82, 2.24) is 4.90 Å². The smallest absolute Gasteiger partial charge is 0.410 e. The van der Waals surface area contributed by atoms with Crippen molar-refractivity contribution in [2.75, 3.05) is 6.54 Å². The molecule has 5 heteroatoms. The normalized spacial score (nSPS) is 21.3. The van der Waals surface area contributed by atoms with E-state index in [2.05, 4.69) is 0 Å². The second kappa shape index (κ2) is 7.13. The molecule has 0 spiro atoms. The van der Waals surface area contributed by atoms with Crippen LogP contribution in [0.2, 0.25) is 0 Å². The van der Waals surface area contributed by atoms with Gasteiger partial charge in [-0.05, 0) is 33.3 Å². The molecule has 5 nitrogen and oxygen atoms in total. The van der Waals surface area contributed by atoms with Crippen LogP contribution in [0.1, 0.15) is 39.7 Å². The molecule has 1 aromatic carbocycles. The van der Waals surface area contributed by atoms with Crippen LogP contribution in [0.15, 0.2) is 30.3 Å². The average Bonchev–Trinajstić information content (AvgIpc) is 2.88. The number of benzene rings is 1. The van der Waals surface area contributed by atoms with Crippen molar-refractivity contribution in [3.05, 3.63) is 35.9 Å². The summed E-state index contributed by atoms with van der Waals surface area (Å²) < 4.78 is 11.3. The quantitative estimate of drug-likeness (QED) is 0.855. The monoisotopic (exact) mass is 319 g/mol. The van der Waals surface area contributed by atoms with Crippen LogP contribution in [-0.2, 0) is 20.9 Å². The fraction of sp³-hybridized carbons (Fsp3) is 0.556. The molecule has 126 valence electrons. The van der Waals surface area contributed by atoms with Gasteiger partial charge in [-0.3, -0.25) is 9.69 Å². The Bertz CT molecular complexity index is 550. The van der Waals surface area contributed by atoms with Crippen LogP contribution < -0.4 is 0 Å². The average molecular weight is 319 g/mol. The van der Waals surface area contributed by atoms with Gasteiger partial charge in [-0.2, -0.15) is 0 Å². The largest absolute Gasteiger partial charge is 0.445 e. The number of carbonyl (C=O) groups is 2. The predicted molar refractivity (Wildman–Crippen MR) is 87.0 cm³/mol. The molecule has 1 heterocycles. The molecule has 0 saturated carbocycles. The third kappa shape index (κ3) is 5.06. The number of Topliss-reactive ketones (excluding diaryl/α,β-unsaturated/α-hetero) is 1.